The first-order chi connectivity index (χ1) is 9.61. The Labute approximate surface area is 117 Å². The number of anilines is 1. The first-order valence-corrected chi connectivity index (χ1v) is 6.94. The average Bonchev–Trinajstić information content (AvgIpc) is 2.77. The second-order valence-electron chi connectivity index (χ2n) is 5.43. The van der Waals surface area contributed by atoms with Crippen LogP contribution in [0.5, 0.6) is 0 Å². The van der Waals surface area contributed by atoms with E-state index in [2.05, 4.69) is 5.32 Å². The van der Waals surface area contributed by atoms with Crippen molar-refractivity contribution in [1.82, 2.24) is 4.90 Å². The molecule has 2 aliphatic heterocycles. The smallest absolute Gasteiger partial charge is 0.322 e. The Morgan fingerprint density at radius 1 is 1.25 bits per heavy atom. The van der Waals surface area contributed by atoms with Gasteiger partial charge in [0.05, 0.1) is 12.2 Å². The van der Waals surface area contributed by atoms with Crippen molar-refractivity contribution in [2.24, 2.45) is 0 Å². The molecule has 2 saturated heterocycles. The van der Waals surface area contributed by atoms with Gasteiger partial charge in [-0.3, -0.25) is 4.79 Å². The number of urea groups is 1. The number of ketones is 1. The van der Waals surface area contributed by atoms with Crippen LogP contribution in [0.2, 0.25) is 0 Å². The summed E-state index contributed by atoms with van der Waals surface area (Å²) in [5.41, 5.74) is 1.26. The zero-order valence-electron chi connectivity index (χ0n) is 11.5. The van der Waals surface area contributed by atoms with E-state index in [1.165, 1.54) is 6.92 Å². The maximum Gasteiger partial charge on any atom is 0.322 e. The minimum atomic E-state index is -0.120. The minimum absolute atomic E-state index is 0.00878. The number of hydrogen-bond acceptors (Lipinski definition) is 3. The molecule has 2 bridgehead atoms. The summed E-state index contributed by atoms with van der Waals surface area (Å²) in [6.07, 6.45) is 2.44. The maximum absolute atomic E-state index is 12.2. The number of ether oxygens (including phenoxy) is 1. The Morgan fingerprint density at radius 3 is 2.60 bits per heavy atom. The van der Waals surface area contributed by atoms with E-state index in [1.807, 2.05) is 0 Å². The Morgan fingerprint density at radius 2 is 1.95 bits per heavy atom. The third-order valence-electron chi connectivity index (χ3n) is 3.85. The highest BCUT2D eigenvalue weighted by molar-refractivity contribution is 5.96. The van der Waals surface area contributed by atoms with Crippen molar-refractivity contribution in [3.05, 3.63) is 29.8 Å². The Kier molecular flexibility index (Phi) is 3.44. The summed E-state index contributed by atoms with van der Waals surface area (Å²) >= 11 is 0. The molecular weight excluding hydrogens is 256 g/mol. The van der Waals surface area contributed by atoms with E-state index in [1.54, 1.807) is 29.2 Å². The summed E-state index contributed by atoms with van der Waals surface area (Å²) in [5, 5.41) is 2.86. The van der Waals surface area contributed by atoms with Gasteiger partial charge in [0.2, 0.25) is 0 Å². The van der Waals surface area contributed by atoms with Gasteiger partial charge in [0.15, 0.2) is 5.78 Å². The van der Waals surface area contributed by atoms with E-state index in [0.717, 1.165) is 12.8 Å². The lowest BCUT2D eigenvalue weighted by Crippen LogP contribution is -2.47. The van der Waals surface area contributed by atoms with E-state index in [-0.39, 0.29) is 24.0 Å². The highest BCUT2D eigenvalue weighted by Crippen LogP contribution is 2.26. The highest BCUT2D eigenvalue weighted by Gasteiger charge is 2.35. The van der Waals surface area contributed by atoms with Gasteiger partial charge in [-0.2, -0.15) is 0 Å². The summed E-state index contributed by atoms with van der Waals surface area (Å²) in [6, 6.07) is 6.89. The number of nitrogens with one attached hydrogen (secondary N) is 1. The summed E-state index contributed by atoms with van der Waals surface area (Å²) in [4.78, 5) is 25.4. The van der Waals surface area contributed by atoms with Crippen molar-refractivity contribution in [2.45, 2.75) is 32.0 Å². The van der Waals surface area contributed by atoms with Crippen LogP contribution in [0.15, 0.2) is 24.3 Å². The van der Waals surface area contributed by atoms with Crippen LogP contribution < -0.4 is 5.32 Å². The van der Waals surface area contributed by atoms with Gasteiger partial charge in [-0.1, -0.05) is 12.1 Å². The van der Waals surface area contributed by atoms with Crippen molar-refractivity contribution < 1.29 is 14.3 Å². The van der Waals surface area contributed by atoms with Gasteiger partial charge in [-0.15, -0.1) is 0 Å². The zero-order valence-corrected chi connectivity index (χ0v) is 11.5. The molecule has 0 saturated carbocycles. The van der Waals surface area contributed by atoms with Gasteiger partial charge >= 0.3 is 6.03 Å². The predicted octanol–water partition coefficient (Wildman–Crippen LogP) is 2.28. The van der Waals surface area contributed by atoms with Crippen molar-refractivity contribution in [2.75, 3.05) is 18.4 Å². The molecule has 1 N–H and O–H groups in total. The van der Waals surface area contributed by atoms with Crippen LogP contribution in [0.1, 0.15) is 30.1 Å². The lowest BCUT2D eigenvalue weighted by atomic mass is 10.1. The molecule has 1 aromatic rings. The van der Waals surface area contributed by atoms with Crippen LogP contribution in [-0.2, 0) is 4.74 Å². The first kappa shape index (κ1) is 13.1. The SMILES string of the molecule is CC(=O)c1cccc(NC(=O)N2CC3CCC(C2)O3)c1. The second kappa shape index (κ2) is 5.25. The number of amides is 2. The predicted molar refractivity (Wildman–Crippen MR) is 74.9 cm³/mol. The Balaban J connectivity index is 1.67. The fourth-order valence-electron chi connectivity index (χ4n) is 2.80. The number of carbonyl (C=O) groups is 2. The molecule has 0 aliphatic carbocycles. The Hall–Kier alpha value is -1.88. The number of fused-ring (bicyclic) bond motifs is 2. The number of nitrogens with zero attached hydrogens (tertiary/aromatic N) is 1. The minimum Gasteiger partial charge on any atom is -0.371 e. The van der Waals surface area contributed by atoms with Gasteiger partial charge in [-0.25, -0.2) is 4.79 Å². The van der Waals surface area contributed by atoms with Crippen LogP contribution in [0.4, 0.5) is 10.5 Å². The zero-order chi connectivity index (χ0) is 14.1. The molecular formula is C15H18N2O3. The Bertz CT molecular complexity index is 532. The lowest BCUT2D eigenvalue weighted by molar-refractivity contribution is -0.0219. The largest absolute Gasteiger partial charge is 0.371 e. The molecule has 2 amide bonds. The maximum atomic E-state index is 12.2. The fraction of sp³-hybridized carbons (Fsp3) is 0.467. The topological polar surface area (TPSA) is 58.6 Å². The molecule has 5 heteroatoms. The highest BCUT2D eigenvalue weighted by atomic mass is 16.5. The van der Waals surface area contributed by atoms with E-state index < -0.39 is 0 Å². The van der Waals surface area contributed by atoms with Crippen molar-refractivity contribution in [3.63, 3.8) is 0 Å². The normalized spacial score (nSPS) is 24.6. The van der Waals surface area contributed by atoms with Gasteiger partial charge in [0, 0.05) is 24.3 Å². The second-order valence-corrected chi connectivity index (χ2v) is 5.43. The van der Waals surface area contributed by atoms with Crippen LogP contribution >= 0.6 is 0 Å². The van der Waals surface area contributed by atoms with Gasteiger partial charge in [0.1, 0.15) is 0 Å². The molecule has 2 heterocycles. The number of rotatable bonds is 2. The molecule has 1 aromatic carbocycles. The summed E-state index contributed by atoms with van der Waals surface area (Å²) in [7, 11) is 0. The number of morpholine rings is 1. The summed E-state index contributed by atoms with van der Waals surface area (Å²) in [5.74, 6) is -0.00878. The molecule has 0 radical (unpaired) electrons. The monoisotopic (exact) mass is 274 g/mol. The van der Waals surface area contributed by atoms with Gasteiger partial charge < -0.3 is 15.0 Å². The molecule has 5 nitrogen and oxygen atoms in total. The number of Topliss-reactive ketones (excluding diaryl/α,β-unsaturated/α-hetero) is 1. The first-order valence-electron chi connectivity index (χ1n) is 6.94. The summed E-state index contributed by atoms with van der Waals surface area (Å²) in [6.45, 7) is 2.81. The van der Waals surface area contributed by atoms with Crippen LogP contribution in [-0.4, -0.2) is 42.0 Å². The number of hydrogen-bond donors (Lipinski definition) is 1. The quantitative estimate of drug-likeness (QED) is 0.842. The molecule has 3 rings (SSSR count). The standard InChI is InChI=1S/C15H18N2O3/c1-10(18)11-3-2-4-12(7-11)16-15(19)17-8-13-5-6-14(9-17)20-13/h2-4,7,13-14H,5-6,8-9H2,1H3,(H,16,19). The van der Waals surface area contributed by atoms with Crippen molar-refractivity contribution >= 4 is 17.5 Å². The van der Waals surface area contributed by atoms with E-state index in [0.29, 0.717) is 24.3 Å². The molecule has 20 heavy (non-hydrogen) atoms. The van der Waals surface area contributed by atoms with E-state index in [4.69, 9.17) is 4.74 Å². The van der Waals surface area contributed by atoms with Gasteiger partial charge in [0.25, 0.3) is 0 Å². The molecule has 2 aliphatic rings. The fourth-order valence-corrected chi connectivity index (χ4v) is 2.80. The van der Waals surface area contributed by atoms with Gasteiger partial charge in [-0.05, 0) is 31.9 Å². The number of benzene rings is 1. The van der Waals surface area contributed by atoms with Crippen LogP contribution in [0.3, 0.4) is 0 Å². The third kappa shape index (κ3) is 2.67. The molecule has 2 unspecified atom stereocenters. The van der Waals surface area contributed by atoms with Crippen molar-refractivity contribution in [3.8, 4) is 0 Å². The molecule has 0 spiro atoms. The van der Waals surface area contributed by atoms with Crippen LogP contribution in [0.25, 0.3) is 0 Å². The lowest BCUT2D eigenvalue weighted by Gasteiger charge is -2.32. The molecule has 2 fully saturated rings. The summed E-state index contributed by atoms with van der Waals surface area (Å²) < 4.78 is 5.71. The van der Waals surface area contributed by atoms with E-state index in [9.17, 15) is 9.59 Å². The number of likely N-dealkylation sites (tertiary alicyclic amines) is 1. The van der Waals surface area contributed by atoms with Crippen molar-refractivity contribution in [1.29, 1.82) is 0 Å². The average molecular weight is 274 g/mol. The molecule has 106 valence electrons. The van der Waals surface area contributed by atoms with E-state index >= 15 is 0 Å². The molecule has 0 aromatic heterocycles. The number of carbonyl (C=O) groups excluding carboxylic acids is 2. The third-order valence-corrected chi connectivity index (χ3v) is 3.85. The molecule has 2 atom stereocenters. The van der Waals surface area contributed by atoms with Crippen LogP contribution in [0, 0.1) is 0 Å².